The Labute approximate surface area is 143 Å². The zero-order chi connectivity index (χ0) is 16.7. The van der Waals surface area contributed by atoms with E-state index in [0.717, 1.165) is 38.2 Å². The standard InChI is InChI=1S/C17H17ClN2O2S/c1-8-5-13-15(9(2)16(8)18)12(7-22-13)6-14(21)20-17-19-10(3)11(4)23-17/h5,7H,6H2,1-4H3,(H,19,20,21). The summed E-state index contributed by atoms with van der Waals surface area (Å²) in [5.41, 5.74) is 4.45. The van der Waals surface area contributed by atoms with Gasteiger partial charge in [0.1, 0.15) is 5.58 Å². The molecule has 0 aliphatic rings. The number of anilines is 1. The number of aryl methyl sites for hydroxylation is 4. The maximum Gasteiger partial charge on any atom is 0.230 e. The van der Waals surface area contributed by atoms with Crippen molar-refractivity contribution < 1.29 is 9.21 Å². The molecular weight excluding hydrogens is 332 g/mol. The van der Waals surface area contributed by atoms with E-state index in [4.69, 9.17) is 16.0 Å². The molecule has 2 heterocycles. The summed E-state index contributed by atoms with van der Waals surface area (Å²) in [5.74, 6) is -0.113. The van der Waals surface area contributed by atoms with Crippen molar-refractivity contribution in [1.29, 1.82) is 0 Å². The molecule has 0 saturated heterocycles. The number of halogens is 1. The quantitative estimate of drug-likeness (QED) is 0.728. The lowest BCUT2D eigenvalue weighted by Crippen LogP contribution is -2.14. The van der Waals surface area contributed by atoms with Crippen LogP contribution < -0.4 is 5.32 Å². The predicted octanol–water partition coefficient (Wildman–Crippen LogP) is 4.96. The number of aromatic nitrogens is 1. The molecule has 1 aromatic carbocycles. The van der Waals surface area contributed by atoms with Gasteiger partial charge in [-0.1, -0.05) is 11.6 Å². The maximum absolute atomic E-state index is 12.3. The highest BCUT2D eigenvalue weighted by Crippen LogP contribution is 2.33. The Kier molecular flexibility index (Phi) is 4.17. The fraction of sp³-hybridized carbons (Fsp3) is 0.294. The minimum absolute atomic E-state index is 0.113. The smallest absolute Gasteiger partial charge is 0.230 e. The average molecular weight is 349 g/mol. The lowest BCUT2D eigenvalue weighted by atomic mass is 10.0. The summed E-state index contributed by atoms with van der Waals surface area (Å²) in [5, 5.41) is 5.11. The summed E-state index contributed by atoms with van der Waals surface area (Å²) in [6.45, 7) is 7.80. The molecule has 3 rings (SSSR count). The first-order valence-corrected chi connectivity index (χ1v) is 8.46. The monoisotopic (exact) mass is 348 g/mol. The van der Waals surface area contributed by atoms with E-state index in [9.17, 15) is 4.79 Å². The third-order valence-corrected chi connectivity index (χ3v) is 5.49. The van der Waals surface area contributed by atoms with Crippen LogP contribution in [-0.2, 0) is 11.2 Å². The molecule has 2 aromatic heterocycles. The molecule has 1 N–H and O–H groups in total. The molecule has 0 radical (unpaired) electrons. The van der Waals surface area contributed by atoms with E-state index in [1.807, 2.05) is 33.8 Å². The molecule has 0 saturated carbocycles. The van der Waals surface area contributed by atoms with Crippen molar-refractivity contribution in [2.24, 2.45) is 0 Å². The van der Waals surface area contributed by atoms with Crippen molar-refractivity contribution in [2.75, 3.05) is 5.32 Å². The molecule has 0 fully saturated rings. The van der Waals surface area contributed by atoms with Gasteiger partial charge < -0.3 is 9.73 Å². The molecule has 0 bridgehead atoms. The van der Waals surface area contributed by atoms with Crippen LogP contribution in [-0.4, -0.2) is 10.9 Å². The normalized spacial score (nSPS) is 11.2. The summed E-state index contributed by atoms with van der Waals surface area (Å²) in [6.07, 6.45) is 1.86. The van der Waals surface area contributed by atoms with Gasteiger partial charge in [-0.05, 0) is 44.9 Å². The molecule has 0 aliphatic carbocycles. The number of amides is 1. The van der Waals surface area contributed by atoms with Crippen LogP contribution in [0.4, 0.5) is 5.13 Å². The van der Waals surface area contributed by atoms with Crippen LogP contribution in [0.2, 0.25) is 5.02 Å². The van der Waals surface area contributed by atoms with Crippen LogP contribution in [0.5, 0.6) is 0 Å². The first-order chi connectivity index (χ1) is 10.9. The number of rotatable bonds is 3. The summed E-state index contributed by atoms with van der Waals surface area (Å²) < 4.78 is 5.59. The highest BCUT2D eigenvalue weighted by molar-refractivity contribution is 7.15. The Morgan fingerprint density at radius 3 is 2.74 bits per heavy atom. The van der Waals surface area contributed by atoms with Crippen molar-refractivity contribution in [3.05, 3.63) is 44.6 Å². The summed E-state index contributed by atoms with van der Waals surface area (Å²) in [4.78, 5) is 17.7. The molecule has 0 atom stereocenters. The lowest BCUT2D eigenvalue weighted by molar-refractivity contribution is -0.115. The average Bonchev–Trinajstić information content (AvgIpc) is 3.00. The minimum atomic E-state index is -0.113. The van der Waals surface area contributed by atoms with Gasteiger partial charge in [0.25, 0.3) is 0 Å². The fourth-order valence-electron chi connectivity index (χ4n) is 2.60. The highest BCUT2D eigenvalue weighted by atomic mass is 35.5. The minimum Gasteiger partial charge on any atom is -0.464 e. The number of hydrogen-bond donors (Lipinski definition) is 1. The second kappa shape index (κ2) is 5.98. The Balaban J connectivity index is 1.86. The Morgan fingerprint density at radius 2 is 2.09 bits per heavy atom. The maximum atomic E-state index is 12.3. The predicted molar refractivity (Wildman–Crippen MR) is 94.6 cm³/mol. The van der Waals surface area contributed by atoms with Gasteiger partial charge >= 0.3 is 0 Å². The first-order valence-electron chi connectivity index (χ1n) is 7.26. The van der Waals surface area contributed by atoms with E-state index >= 15 is 0 Å². The number of benzene rings is 1. The topological polar surface area (TPSA) is 55.1 Å². The van der Waals surface area contributed by atoms with Crippen molar-refractivity contribution in [3.63, 3.8) is 0 Å². The Hall–Kier alpha value is -1.85. The third kappa shape index (κ3) is 2.99. The fourth-order valence-corrected chi connectivity index (χ4v) is 3.58. The molecule has 6 heteroatoms. The van der Waals surface area contributed by atoms with Crippen LogP contribution in [0.3, 0.4) is 0 Å². The second-order valence-corrected chi connectivity index (χ2v) is 7.23. The van der Waals surface area contributed by atoms with Crippen molar-refractivity contribution in [2.45, 2.75) is 34.1 Å². The lowest BCUT2D eigenvalue weighted by Gasteiger charge is -2.06. The number of carbonyl (C=O) groups excluding carboxylic acids is 1. The van der Waals surface area contributed by atoms with Gasteiger partial charge in [0, 0.05) is 20.8 Å². The summed E-state index contributed by atoms with van der Waals surface area (Å²) >= 11 is 7.80. The highest BCUT2D eigenvalue weighted by Gasteiger charge is 2.16. The molecule has 0 unspecified atom stereocenters. The van der Waals surface area contributed by atoms with Gasteiger partial charge in [-0.15, -0.1) is 11.3 Å². The third-order valence-electron chi connectivity index (χ3n) is 3.92. The van der Waals surface area contributed by atoms with Crippen molar-refractivity contribution in [1.82, 2.24) is 4.98 Å². The van der Waals surface area contributed by atoms with Gasteiger partial charge in [0.15, 0.2) is 5.13 Å². The van der Waals surface area contributed by atoms with E-state index in [0.29, 0.717) is 10.2 Å². The van der Waals surface area contributed by atoms with Crippen LogP contribution in [0.15, 0.2) is 16.7 Å². The number of nitrogens with zero attached hydrogens (tertiary/aromatic N) is 1. The van der Waals surface area contributed by atoms with Gasteiger partial charge in [0.2, 0.25) is 5.91 Å². The van der Waals surface area contributed by atoms with E-state index in [1.165, 1.54) is 11.3 Å². The van der Waals surface area contributed by atoms with Gasteiger partial charge in [-0.25, -0.2) is 4.98 Å². The van der Waals surface area contributed by atoms with Gasteiger partial charge in [-0.2, -0.15) is 0 Å². The Bertz CT molecular complexity index is 892. The number of nitrogens with one attached hydrogen (secondary N) is 1. The van der Waals surface area contributed by atoms with E-state index in [1.54, 1.807) is 6.26 Å². The molecule has 23 heavy (non-hydrogen) atoms. The van der Waals surface area contributed by atoms with E-state index in [-0.39, 0.29) is 12.3 Å². The van der Waals surface area contributed by atoms with Gasteiger partial charge in [-0.3, -0.25) is 4.79 Å². The summed E-state index contributed by atoms with van der Waals surface area (Å²) in [7, 11) is 0. The van der Waals surface area contributed by atoms with Crippen LogP contribution in [0.25, 0.3) is 11.0 Å². The first kappa shape index (κ1) is 16.0. The van der Waals surface area contributed by atoms with Crippen molar-refractivity contribution in [3.8, 4) is 0 Å². The zero-order valence-electron chi connectivity index (χ0n) is 13.4. The molecular formula is C17H17ClN2O2S. The van der Waals surface area contributed by atoms with Crippen LogP contribution in [0.1, 0.15) is 27.3 Å². The molecule has 4 nitrogen and oxygen atoms in total. The van der Waals surface area contributed by atoms with E-state index < -0.39 is 0 Å². The second-order valence-electron chi connectivity index (χ2n) is 5.65. The molecule has 120 valence electrons. The van der Waals surface area contributed by atoms with E-state index in [2.05, 4.69) is 10.3 Å². The molecule has 3 aromatic rings. The SMILES string of the molecule is Cc1cc2occ(CC(=O)Nc3nc(C)c(C)s3)c2c(C)c1Cl. The zero-order valence-corrected chi connectivity index (χ0v) is 15.0. The Morgan fingerprint density at radius 1 is 1.35 bits per heavy atom. The molecule has 0 spiro atoms. The number of carbonyl (C=O) groups is 1. The van der Waals surface area contributed by atoms with Crippen LogP contribution >= 0.6 is 22.9 Å². The van der Waals surface area contributed by atoms with Gasteiger partial charge in [0.05, 0.1) is 18.4 Å². The molecule has 0 aliphatic heterocycles. The largest absolute Gasteiger partial charge is 0.464 e. The van der Waals surface area contributed by atoms with Crippen LogP contribution in [0, 0.1) is 27.7 Å². The number of hydrogen-bond acceptors (Lipinski definition) is 4. The number of furan rings is 1. The van der Waals surface area contributed by atoms with Crippen molar-refractivity contribution >= 4 is 44.9 Å². The number of thiazole rings is 1. The summed E-state index contributed by atoms with van der Waals surface area (Å²) in [6, 6.07) is 1.90. The molecule has 1 amide bonds. The number of fused-ring (bicyclic) bond motifs is 1.